The van der Waals surface area contributed by atoms with Gasteiger partial charge in [-0.25, -0.2) is 0 Å². The summed E-state index contributed by atoms with van der Waals surface area (Å²) in [6.45, 7) is 8.21. The normalized spacial score (nSPS) is 12.3. The molecular formula is C17H32O. The summed E-state index contributed by atoms with van der Waals surface area (Å²) in [5, 5.41) is 0. The molecule has 1 atom stereocenters. The van der Waals surface area contributed by atoms with Gasteiger partial charge >= 0.3 is 0 Å². The Morgan fingerprint density at radius 1 is 1.00 bits per heavy atom. The maximum atomic E-state index is 12.1. The lowest BCUT2D eigenvalue weighted by molar-refractivity contribution is -0.123. The molecule has 0 saturated heterocycles. The van der Waals surface area contributed by atoms with E-state index in [2.05, 4.69) is 20.4 Å². The van der Waals surface area contributed by atoms with E-state index in [0.29, 0.717) is 5.78 Å². The molecule has 0 aliphatic carbocycles. The molecule has 1 heteroatoms. The predicted octanol–water partition coefficient (Wildman–Crippen LogP) is 5.69. The fraction of sp³-hybridized carbons (Fsp3) is 0.824. The van der Waals surface area contributed by atoms with Crippen molar-refractivity contribution >= 4 is 5.78 Å². The van der Waals surface area contributed by atoms with E-state index in [4.69, 9.17) is 0 Å². The first-order chi connectivity index (χ1) is 8.76. The highest BCUT2D eigenvalue weighted by molar-refractivity contribution is 5.81. The van der Waals surface area contributed by atoms with Crippen molar-refractivity contribution < 1.29 is 4.79 Å². The van der Waals surface area contributed by atoms with Gasteiger partial charge in [0.1, 0.15) is 5.78 Å². The minimum Gasteiger partial charge on any atom is -0.299 e. The number of hydrogen-bond acceptors (Lipinski definition) is 1. The molecular weight excluding hydrogens is 220 g/mol. The van der Waals surface area contributed by atoms with Crippen molar-refractivity contribution in [1.29, 1.82) is 0 Å². The van der Waals surface area contributed by atoms with Crippen LogP contribution in [0.5, 0.6) is 0 Å². The number of Topliss-reactive ketones (excluding diaryl/α,β-unsaturated/α-hetero) is 1. The number of carbonyl (C=O) groups excluding carboxylic acids is 1. The van der Waals surface area contributed by atoms with Crippen LogP contribution < -0.4 is 0 Å². The largest absolute Gasteiger partial charge is 0.299 e. The molecule has 0 aromatic carbocycles. The number of hydrogen-bond donors (Lipinski definition) is 0. The smallest absolute Gasteiger partial charge is 0.136 e. The van der Waals surface area contributed by atoms with Gasteiger partial charge in [0, 0.05) is 12.3 Å². The summed E-state index contributed by atoms with van der Waals surface area (Å²) in [6.07, 6.45) is 14.5. The third-order valence-corrected chi connectivity index (χ3v) is 3.59. The van der Waals surface area contributed by atoms with Gasteiger partial charge in [0.25, 0.3) is 0 Å². The molecule has 0 saturated carbocycles. The molecule has 0 amide bonds. The standard InChI is InChI=1S/C17H32O/c1-4-7-9-11-14-16(13-6-3)17(18)15-12-10-8-5-2/h6,16H,3-5,7-15H2,1-2H3. The first kappa shape index (κ1) is 17.4. The Morgan fingerprint density at radius 2 is 1.61 bits per heavy atom. The molecule has 106 valence electrons. The molecule has 0 rings (SSSR count). The molecule has 0 bridgehead atoms. The molecule has 0 N–H and O–H groups in total. The minimum atomic E-state index is 0.251. The Hall–Kier alpha value is -0.590. The second-order valence-electron chi connectivity index (χ2n) is 5.35. The van der Waals surface area contributed by atoms with Gasteiger partial charge in [-0.3, -0.25) is 4.79 Å². The number of carbonyl (C=O) groups is 1. The van der Waals surface area contributed by atoms with Gasteiger partial charge in [-0.15, -0.1) is 6.58 Å². The van der Waals surface area contributed by atoms with Crippen molar-refractivity contribution in [2.75, 3.05) is 0 Å². The van der Waals surface area contributed by atoms with Crippen LogP contribution in [0.3, 0.4) is 0 Å². The van der Waals surface area contributed by atoms with Gasteiger partial charge in [0.2, 0.25) is 0 Å². The summed E-state index contributed by atoms with van der Waals surface area (Å²) in [6, 6.07) is 0. The lowest BCUT2D eigenvalue weighted by atomic mass is 9.90. The van der Waals surface area contributed by atoms with Gasteiger partial charge in [-0.05, 0) is 19.3 Å². The Kier molecular flexibility index (Phi) is 12.4. The van der Waals surface area contributed by atoms with Gasteiger partial charge in [-0.2, -0.15) is 0 Å². The van der Waals surface area contributed by atoms with E-state index in [1.54, 1.807) is 0 Å². The molecule has 0 aliphatic heterocycles. The summed E-state index contributed by atoms with van der Waals surface area (Å²) in [5.41, 5.74) is 0. The molecule has 18 heavy (non-hydrogen) atoms. The van der Waals surface area contributed by atoms with E-state index in [9.17, 15) is 4.79 Å². The molecule has 0 fully saturated rings. The van der Waals surface area contributed by atoms with Crippen LogP contribution in [0.2, 0.25) is 0 Å². The summed E-state index contributed by atoms with van der Waals surface area (Å²) in [5.74, 6) is 0.725. The van der Waals surface area contributed by atoms with Crippen LogP contribution >= 0.6 is 0 Å². The first-order valence-corrected chi connectivity index (χ1v) is 7.89. The van der Waals surface area contributed by atoms with Crippen LogP contribution in [0, 0.1) is 5.92 Å². The van der Waals surface area contributed by atoms with Crippen LogP contribution in [0.25, 0.3) is 0 Å². The van der Waals surface area contributed by atoms with Crippen molar-refractivity contribution in [1.82, 2.24) is 0 Å². The fourth-order valence-corrected chi connectivity index (χ4v) is 2.36. The topological polar surface area (TPSA) is 17.1 Å². The predicted molar refractivity (Wildman–Crippen MR) is 80.8 cm³/mol. The molecule has 0 spiro atoms. The lowest BCUT2D eigenvalue weighted by Crippen LogP contribution is -2.13. The lowest BCUT2D eigenvalue weighted by Gasteiger charge is -2.13. The Morgan fingerprint density at radius 3 is 2.17 bits per heavy atom. The maximum Gasteiger partial charge on any atom is 0.136 e. The van der Waals surface area contributed by atoms with Crippen LogP contribution in [0.4, 0.5) is 0 Å². The SMILES string of the molecule is C=CCC(CCCCCC)C(=O)CCCCCC. The van der Waals surface area contributed by atoms with Crippen molar-refractivity contribution in [3.05, 3.63) is 12.7 Å². The number of rotatable bonds is 13. The zero-order chi connectivity index (χ0) is 13.6. The first-order valence-electron chi connectivity index (χ1n) is 7.89. The fourth-order valence-electron chi connectivity index (χ4n) is 2.36. The summed E-state index contributed by atoms with van der Waals surface area (Å²) in [4.78, 5) is 12.1. The second-order valence-corrected chi connectivity index (χ2v) is 5.35. The quantitative estimate of drug-likeness (QED) is 0.304. The van der Waals surface area contributed by atoms with E-state index in [1.165, 1.54) is 44.9 Å². The molecule has 0 aromatic rings. The van der Waals surface area contributed by atoms with Gasteiger partial charge in [0.15, 0.2) is 0 Å². The van der Waals surface area contributed by atoms with E-state index in [0.717, 1.165) is 25.7 Å². The Balaban J connectivity index is 3.83. The van der Waals surface area contributed by atoms with Crippen molar-refractivity contribution in [2.45, 2.75) is 84.5 Å². The number of ketones is 1. The van der Waals surface area contributed by atoms with E-state index in [1.807, 2.05) is 6.08 Å². The maximum absolute atomic E-state index is 12.1. The van der Waals surface area contributed by atoms with Gasteiger partial charge in [0.05, 0.1) is 0 Å². The van der Waals surface area contributed by atoms with Crippen molar-refractivity contribution in [3.63, 3.8) is 0 Å². The van der Waals surface area contributed by atoms with Crippen LogP contribution in [0.15, 0.2) is 12.7 Å². The summed E-state index contributed by atoms with van der Waals surface area (Å²) < 4.78 is 0. The minimum absolute atomic E-state index is 0.251. The highest BCUT2D eigenvalue weighted by Gasteiger charge is 2.15. The molecule has 0 radical (unpaired) electrons. The summed E-state index contributed by atoms with van der Waals surface area (Å²) >= 11 is 0. The van der Waals surface area contributed by atoms with Crippen LogP contribution in [-0.2, 0) is 4.79 Å². The number of unbranched alkanes of at least 4 members (excludes halogenated alkanes) is 6. The monoisotopic (exact) mass is 252 g/mol. The highest BCUT2D eigenvalue weighted by Crippen LogP contribution is 2.19. The molecule has 0 aliphatic rings. The van der Waals surface area contributed by atoms with Gasteiger partial charge < -0.3 is 0 Å². The molecule has 1 unspecified atom stereocenters. The van der Waals surface area contributed by atoms with E-state index >= 15 is 0 Å². The van der Waals surface area contributed by atoms with E-state index in [-0.39, 0.29) is 5.92 Å². The Labute approximate surface area is 114 Å². The molecule has 1 nitrogen and oxygen atoms in total. The van der Waals surface area contributed by atoms with Crippen molar-refractivity contribution in [2.24, 2.45) is 5.92 Å². The van der Waals surface area contributed by atoms with Crippen molar-refractivity contribution in [3.8, 4) is 0 Å². The zero-order valence-electron chi connectivity index (χ0n) is 12.5. The van der Waals surface area contributed by atoms with Crippen LogP contribution in [-0.4, -0.2) is 5.78 Å². The average Bonchev–Trinajstić information content (AvgIpc) is 2.38. The zero-order valence-corrected chi connectivity index (χ0v) is 12.5. The Bertz CT molecular complexity index is 208. The summed E-state index contributed by atoms with van der Waals surface area (Å²) in [7, 11) is 0. The number of allylic oxidation sites excluding steroid dienone is 1. The average molecular weight is 252 g/mol. The molecule has 0 heterocycles. The second kappa shape index (κ2) is 12.9. The van der Waals surface area contributed by atoms with Crippen LogP contribution in [0.1, 0.15) is 84.5 Å². The third-order valence-electron chi connectivity index (χ3n) is 3.59. The highest BCUT2D eigenvalue weighted by atomic mass is 16.1. The van der Waals surface area contributed by atoms with Gasteiger partial charge in [-0.1, -0.05) is 64.9 Å². The van der Waals surface area contributed by atoms with E-state index < -0.39 is 0 Å². The third kappa shape index (κ3) is 9.44. The molecule has 0 aromatic heterocycles.